The fourth-order valence-electron chi connectivity index (χ4n) is 6.26. The third-order valence-electron chi connectivity index (χ3n) is 9.23. The van der Waals surface area contributed by atoms with Crippen LogP contribution in [0.15, 0.2) is 54.7 Å². The summed E-state index contributed by atoms with van der Waals surface area (Å²) in [5.41, 5.74) is 4.99. The van der Waals surface area contributed by atoms with E-state index in [1.807, 2.05) is 87.3 Å². The Kier molecular flexibility index (Phi) is 11.6. The van der Waals surface area contributed by atoms with Crippen molar-refractivity contribution < 1.29 is 28.5 Å². The number of rotatable bonds is 14. The van der Waals surface area contributed by atoms with Gasteiger partial charge in [0.2, 0.25) is 0 Å². The number of hydrogen-bond acceptors (Lipinski definition) is 11. The van der Waals surface area contributed by atoms with Gasteiger partial charge in [0.15, 0.2) is 11.6 Å². The number of amides is 2. The van der Waals surface area contributed by atoms with Gasteiger partial charge in [0, 0.05) is 49.3 Å². The van der Waals surface area contributed by atoms with Gasteiger partial charge in [-0.05, 0) is 76.9 Å². The Morgan fingerprint density at radius 3 is 2.29 bits per heavy atom. The number of nitrogens with one attached hydrogen (secondary N) is 2. The van der Waals surface area contributed by atoms with Crippen molar-refractivity contribution in [2.75, 3.05) is 27.9 Å². The van der Waals surface area contributed by atoms with E-state index in [1.54, 1.807) is 44.3 Å². The summed E-state index contributed by atoms with van der Waals surface area (Å²) in [6, 6.07) is 14.9. The Bertz CT molecular complexity index is 2350. The molecule has 0 saturated carbocycles. The maximum absolute atomic E-state index is 13.8. The first-order chi connectivity index (χ1) is 26.8. The van der Waals surface area contributed by atoms with Gasteiger partial charge in [-0.2, -0.15) is 10.2 Å². The summed E-state index contributed by atoms with van der Waals surface area (Å²) in [5, 5.41) is 25.4. The second-order valence-corrected chi connectivity index (χ2v) is 14.3. The number of methoxy groups -OCH3 is 3. The molecule has 2 aromatic carbocycles. The Morgan fingerprint density at radius 1 is 0.875 bits per heavy atom. The van der Waals surface area contributed by atoms with E-state index in [0.29, 0.717) is 65.8 Å². The van der Waals surface area contributed by atoms with Crippen LogP contribution in [0.25, 0.3) is 33.9 Å². The second kappa shape index (κ2) is 16.5. The Hall–Kier alpha value is -6.45. The minimum absolute atomic E-state index is 0.179. The van der Waals surface area contributed by atoms with Crippen LogP contribution < -0.4 is 24.8 Å². The highest BCUT2D eigenvalue weighted by Crippen LogP contribution is 2.33. The first-order valence-corrected chi connectivity index (χ1v) is 18.2. The quantitative estimate of drug-likeness (QED) is 0.132. The summed E-state index contributed by atoms with van der Waals surface area (Å²) in [6.07, 6.45) is 1.83. The van der Waals surface area contributed by atoms with Gasteiger partial charge >= 0.3 is 6.09 Å². The Labute approximate surface area is 325 Å². The molecule has 4 aromatic heterocycles. The summed E-state index contributed by atoms with van der Waals surface area (Å²) in [7, 11) is 6.59. The largest absolute Gasteiger partial charge is 0.497 e. The van der Waals surface area contributed by atoms with Gasteiger partial charge in [0.25, 0.3) is 5.91 Å². The number of fused-ring (bicyclic) bond motifs is 1. The van der Waals surface area contributed by atoms with E-state index in [2.05, 4.69) is 15.7 Å². The maximum atomic E-state index is 13.8. The average Bonchev–Trinajstić information content (AvgIpc) is 3.85. The van der Waals surface area contributed by atoms with Gasteiger partial charge in [0.05, 0.1) is 45.3 Å². The van der Waals surface area contributed by atoms with Crippen LogP contribution in [0.2, 0.25) is 0 Å². The lowest BCUT2D eigenvalue weighted by Crippen LogP contribution is -2.33. The SMILES string of the molecule is COc1ccc(Cn2c(-c3nc(C(=O)NCc4ccc(OC)cc4OC)cc4c3cnn4C)nnc2-c2c(C)c(C)nn2CCCNC(=O)OC(C)(C)C)cc1. The summed E-state index contributed by atoms with van der Waals surface area (Å²) >= 11 is 0. The van der Waals surface area contributed by atoms with Gasteiger partial charge in [-0.15, -0.1) is 10.2 Å². The van der Waals surface area contributed by atoms with E-state index < -0.39 is 17.6 Å². The number of alkyl carbamates (subject to hydrolysis) is 1. The molecule has 0 radical (unpaired) electrons. The highest BCUT2D eigenvalue weighted by Gasteiger charge is 2.26. The number of ether oxygens (including phenoxy) is 4. The Morgan fingerprint density at radius 2 is 1.59 bits per heavy atom. The van der Waals surface area contributed by atoms with Crippen molar-refractivity contribution in [3.63, 3.8) is 0 Å². The molecule has 4 heterocycles. The molecule has 0 atom stereocenters. The fourth-order valence-corrected chi connectivity index (χ4v) is 6.26. The average molecular weight is 765 g/mol. The third kappa shape index (κ3) is 8.59. The van der Waals surface area contributed by atoms with Crippen LogP contribution in [0.1, 0.15) is 60.1 Å². The monoisotopic (exact) mass is 764 g/mol. The van der Waals surface area contributed by atoms with Crippen LogP contribution in [-0.2, 0) is 31.4 Å². The van der Waals surface area contributed by atoms with Gasteiger partial charge in [0.1, 0.15) is 39.9 Å². The number of benzene rings is 2. The van der Waals surface area contributed by atoms with Crippen LogP contribution in [0.4, 0.5) is 4.79 Å². The predicted molar refractivity (Wildman–Crippen MR) is 210 cm³/mol. The summed E-state index contributed by atoms with van der Waals surface area (Å²) in [6.45, 7) is 10.9. The normalized spacial score (nSPS) is 11.4. The zero-order valence-electron chi connectivity index (χ0n) is 33.3. The summed E-state index contributed by atoms with van der Waals surface area (Å²) < 4.78 is 27.3. The molecule has 0 aliphatic rings. The van der Waals surface area contributed by atoms with Gasteiger partial charge in [-0.1, -0.05) is 12.1 Å². The lowest BCUT2D eigenvalue weighted by atomic mass is 10.1. The molecule has 6 aromatic rings. The number of carbonyl (C=O) groups excluding carboxylic acids is 2. The van der Waals surface area contributed by atoms with Crippen molar-refractivity contribution in [2.24, 2.45) is 7.05 Å². The molecule has 6 rings (SSSR count). The minimum atomic E-state index is -0.593. The second-order valence-electron chi connectivity index (χ2n) is 14.3. The smallest absolute Gasteiger partial charge is 0.407 e. The van der Waals surface area contributed by atoms with E-state index >= 15 is 0 Å². The van der Waals surface area contributed by atoms with Gasteiger partial charge in [-0.25, -0.2) is 9.78 Å². The molecule has 0 aliphatic heterocycles. The molecular formula is C40H48N10O6. The topological polar surface area (TPSA) is 174 Å². The molecule has 16 nitrogen and oxygen atoms in total. The first-order valence-electron chi connectivity index (χ1n) is 18.2. The van der Waals surface area contributed by atoms with Gasteiger partial charge in [-0.3, -0.25) is 18.7 Å². The maximum Gasteiger partial charge on any atom is 0.407 e. The number of aromatic nitrogens is 8. The van der Waals surface area contributed by atoms with E-state index in [4.69, 9.17) is 39.2 Å². The minimum Gasteiger partial charge on any atom is -0.497 e. The number of nitrogens with zero attached hydrogens (tertiary/aromatic N) is 8. The molecule has 2 N–H and O–H groups in total. The summed E-state index contributed by atoms with van der Waals surface area (Å²) in [4.78, 5) is 31.0. The predicted octanol–water partition coefficient (Wildman–Crippen LogP) is 5.63. The van der Waals surface area contributed by atoms with Crippen molar-refractivity contribution in [2.45, 2.75) is 66.3 Å². The molecular weight excluding hydrogens is 717 g/mol. The van der Waals surface area contributed by atoms with E-state index in [0.717, 1.165) is 33.8 Å². The lowest BCUT2D eigenvalue weighted by Gasteiger charge is -2.19. The highest BCUT2D eigenvalue weighted by atomic mass is 16.6. The highest BCUT2D eigenvalue weighted by molar-refractivity contribution is 5.99. The van der Waals surface area contributed by atoms with Gasteiger partial charge < -0.3 is 29.6 Å². The van der Waals surface area contributed by atoms with Crippen molar-refractivity contribution in [1.82, 2.24) is 49.9 Å². The van der Waals surface area contributed by atoms with E-state index in [9.17, 15) is 9.59 Å². The van der Waals surface area contributed by atoms with Crippen LogP contribution >= 0.6 is 0 Å². The van der Waals surface area contributed by atoms with Crippen molar-refractivity contribution in [3.05, 3.63) is 82.8 Å². The zero-order valence-corrected chi connectivity index (χ0v) is 33.3. The molecule has 0 aliphatic carbocycles. The number of carbonyl (C=O) groups is 2. The van der Waals surface area contributed by atoms with E-state index in [-0.39, 0.29) is 12.2 Å². The summed E-state index contributed by atoms with van der Waals surface area (Å²) in [5.74, 6) is 2.58. The standard InChI is InChI=1S/C40H48N10O6/c1-24-25(2)47-50(18-10-17-41-39(52)56-40(3,4)5)35(24)37-46-45-36(49(37)23-26-11-14-28(53-7)15-12-26)34-30-22-43-48(6)32(30)20-31(44-34)38(51)42-21-27-13-16-29(54-8)19-33(27)55-9/h11-16,19-20,22H,10,17-18,21,23H2,1-9H3,(H,41,52)(H,42,51). The van der Waals surface area contributed by atoms with Crippen molar-refractivity contribution in [1.29, 1.82) is 0 Å². The van der Waals surface area contributed by atoms with Crippen LogP contribution in [0.5, 0.6) is 17.2 Å². The molecule has 0 bridgehead atoms. The zero-order chi connectivity index (χ0) is 40.1. The van der Waals surface area contributed by atoms with Crippen LogP contribution in [-0.4, -0.2) is 84.8 Å². The number of aryl methyl sites for hydroxylation is 3. The third-order valence-corrected chi connectivity index (χ3v) is 9.23. The number of pyridine rings is 1. The molecule has 56 heavy (non-hydrogen) atoms. The Balaban J connectivity index is 1.39. The molecule has 294 valence electrons. The van der Waals surface area contributed by atoms with Crippen molar-refractivity contribution in [3.8, 4) is 40.3 Å². The van der Waals surface area contributed by atoms with Crippen LogP contribution in [0, 0.1) is 13.8 Å². The molecule has 0 saturated heterocycles. The van der Waals surface area contributed by atoms with Crippen molar-refractivity contribution >= 4 is 22.9 Å². The molecule has 0 spiro atoms. The molecule has 2 amide bonds. The number of hydrogen-bond donors (Lipinski definition) is 2. The molecule has 0 unspecified atom stereocenters. The van der Waals surface area contributed by atoms with E-state index in [1.165, 1.54) is 0 Å². The fraction of sp³-hybridized carbons (Fsp3) is 0.375. The molecule has 0 fully saturated rings. The van der Waals surface area contributed by atoms with Crippen LogP contribution in [0.3, 0.4) is 0 Å². The molecule has 16 heteroatoms. The first kappa shape index (κ1) is 39.2. The lowest BCUT2D eigenvalue weighted by molar-refractivity contribution is 0.0526.